The molecule has 0 atom stereocenters. The van der Waals surface area contributed by atoms with Crippen molar-refractivity contribution in [1.82, 2.24) is 38.7 Å². The largest absolute Gasteiger partial charge is 0.351 e. The molecule has 0 saturated heterocycles. The Morgan fingerprint density at radius 1 is 0.343 bits per heavy atom. The van der Waals surface area contributed by atoms with E-state index in [1.807, 2.05) is 62.4 Å². The molecule has 0 aliphatic rings. The van der Waals surface area contributed by atoms with Gasteiger partial charge in [-0.3, -0.25) is 4.57 Å². The fourth-order valence-corrected chi connectivity index (χ4v) is 8.72. The summed E-state index contributed by atoms with van der Waals surface area (Å²) in [6.45, 7) is 3.96. The minimum atomic E-state index is 0. The molecule has 12 rings (SSSR count). The van der Waals surface area contributed by atoms with E-state index in [1.165, 1.54) is 38.1 Å². The molecule has 0 amide bonds. The number of rotatable bonds is 6. The van der Waals surface area contributed by atoms with Gasteiger partial charge in [-0.1, -0.05) is 144 Å². The minimum absolute atomic E-state index is 0. The summed E-state index contributed by atoms with van der Waals surface area (Å²) in [5, 5.41) is 22.5. The maximum Gasteiger partial charge on any atom is 0.168 e. The van der Waals surface area contributed by atoms with E-state index in [0.717, 1.165) is 62.7 Å². The third-order valence-electron chi connectivity index (χ3n) is 11.5. The Balaban J connectivity index is 0.000000206. The predicted octanol–water partition coefficient (Wildman–Crippen LogP) is 15.0. The van der Waals surface area contributed by atoms with Crippen molar-refractivity contribution < 1.29 is 20.1 Å². The standard InChI is InChI=1S/C27H20N4.C27H19N4.4CH4.Ir/c2*1-19-28-29-27(30(19)21-10-4-2-5-11-21)20-16-17-26-24(18-20)23-14-8-9-15-25(23)31(26)22-12-6-3-7-13-22;;;;;/h2-18H,1H3;2-15,17-18H,1H3;4*1H4;/q;-1;;;;;. The smallest absolute Gasteiger partial charge is 0.168 e. The van der Waals surface area contributed by atoms with E-state index in [0.29, 0.717) is 0 Å². The third kappa shape index (κ3) is 8.63. The Bertz CT molecular complexity index is 3300. The van der Waals surface area contributed by atoms with Crippen LogP contribution in [0.25, 0.3) is 89.1 Å². The van der Waals surface area contributed by atoms with Crippen molar-refractivity contribution in [1.29, 1.82) is 0 Å². The summed E-state index contributed by atoms with van der Waals surface area (Å²) in [6.07, 6.45) is 0. The van der Waals surface area contributed by atoms with Crippen LogP contribution in [0.1, 0.15) is 41.4 Å². The van der Waals surface area contributed by atoms with Crippen molar-refractivity contribution in [2.75, 3.05) is 0 Å². The number of fused-ring (bicyclic) bond motifs is 6. The number of benzene rings is 8. The maximum absolute atomic E-state index is 4.52. The molecular formula is C58H55IrN8-. The van der Waals surface area contributed by atoms with Gasteiger partial charge in [0.15, 0.2) is 5.82 Å². The summed E-state index contributed by atoms with van der Waals surface area (Å²) in [6, 6.07) is 72.8. The number of hydrogen-bond donors (Lipinski definition) is 0. The van der Waals surface area contributed by atoms with Crippen LogP contribution in [0.5, 0.6) is 0 Å². The fourth-order valence-electron chi connectivity index (χ4n) is 8.72. The molecule has 0 saturated carbocycles. The van der Waals surface area contributed by atoms with Crippen molar-refractivity contribution in [3.63, 3.8) is 0 Å². The summed E-state index contributed by atoms with van der Waals surface area (Å²) in [7, 11) is 0. The number of para-hydroxylation sites is 6. The second-order valence-electron chi connectivity index (χ2n) is 15.2. The van der Waals surface area contributed by atoms with Crippen LogP contribution in [0.15, 0.2) is 200 Å². The zero-order valence-corrected chi connectivity index (χ0v) is 36.9. The SMILES string of the molecule is C.C.C.C.Cc1nnc(-c2[c-]cc3c(c2)c2ccccc2n3-c2ccccc2)n1-c1ccccc1.Cc1nnc(-c2ccc3c(c2)c2ccccc2n3-c2ccccc2)n1-c1ccccc1.[Ir]. The molecule has 8 nitrogen and oxygen atoms in total. The van der Waals surface area contributed by atoms with Gasteiger partial charge in [-0.25, -0.2) is 0 Å². The monoisotopic (exact) mass is 1060 g/mol. The fraction of sp³-hybridized carbons (Fsp3) is 0.103. The molecule has 12 aromatic rings. The molecule has 1 radical (unpaired) electrons. The van der Waals surface area contributed by atoms with Gasteiger partial charge in [0.05, 0.1) is 16.9 Å². The Morgan fingerprint density at radius 3 is 1.21 bits per heavy atom. The van der Waals surface area contributed by atoms with Gasteiger partial charge in [-0.05, 0) is 104 Å². The van der Waals surface area contributed by atoms with Crippen molar-refractivity contribution in [3.8, 4) is 45.5 Å². The van der Waals surface area contributed by atoms with Crippen LogP contribution in [0.4, 0.5) is 0 Å². The normalized spacial score (nSPS) is 10.5. The number of hydrogen-bond acceptors (Lipinski definition) is 4. The molecule has 8 aromatic carbocycles. The van der Waals surface area contributed by atoms with E-state index in [9.17, 15) is 0 Å². The first kappa shape index (κ1) is 48.7. The van der Waals surface area contributed by atoms with E-state index >= 15 is 0 Å². The van der Waals surface area contributed by atoms with Crippen molar-refractivity contribution in [2.24, 2.45) is 0 Å². The van der Waals surface area contributed by atoms with Gasteiger partial charge in [0.1, 0.15) is 11.6 Å². The second kappa shape index (κ2) is 20.6. The van der Waals surface area contributed by atoms with Gasteiger partial charge in [0.25, 0.3) is 0 Å². The zero-order valence-electron chi connectivity index (χ0n) is 34.5. The zero-order chi connectivity index (χ0) is 41.6. The molecule has 0 fully saturated rings. The van der Waals surface area contributed by atoms with Gasteiger partial charge < -0.3 is 13.7 Å². The van der Waals surface area contributed by atoms with Crippen molar-refractivity contribution in [2.45, 2.75) is 43.6 Å². The second-order valence-corrected chi connectivity index (χ2v) is 15.2. The first-order chi connectivity index (χ1) is 30.6. The summed E-state index contributed by atoms with van der Waals surface area (Å²) >= 11 is 0. The van der Waals surface area contributed by atoms with Crippen LogP contribution in [0.3, 0.4) is 0 Å². The van der Waals surface area contributed by atoms with Crippen molar-refractivity contribution in [3.05, 3.63) is 218 Å². The average Bonchev–Trinajstić information content (AvgIpc) is 4.10. The summed E-state index contributed by atoms with van der Waals surface area (Å²) < 4.78 is 8.80. The van der Waals surface area contributed by atoms with Crippen LogP contribution in [-0.4, -0.2) is 38.7 Å². The van der Waals surface area contributed by atoms with Gasteiger partial charge in [-0.2, -0.15) is 5.10 Å². The molecule has 0 N–H and O–H groups in total. The molecule has 67 heavy (non-hydrogen) atoms. The Morgan fingerprint density at radius 2 is 0.716 bits per heavy atom. The number of aryl methyl sites for hydroxylation is 2. The summed E-state index contributed by atoms with van der Waals surface area (Å²) in [5.41, 5.74) is 11.0. The Kier molecular flexibility index (Phi) is 15.0. The molecule has 4 heterocycles. The van der Waals surface area contributed by atoms with Crippen LogP contribution in [0.2, 0.25) is 0 Å². The molecule has 337 valence electrons. The first-order valence-electron chi connectivity index (χ1n) is 20.7. The van der Waals surface area contributed by atoms with Gasteiger partial charge in [0, 0.05) is 64.7 Å². The van der Waals surface area contributed by atoms with Crippen LogP contribution < -0.4 is 0 Å². The van der Waals surface area contributed by atoms with Crippen molar-refractivity contribution >= 4 is 43.6 Å². The summed E-state index contributed by atoms with van der Waals surface area (Å²) in [5.74, 6) is 3.36. The predicted molar refractivity (Wildman–Crippen MR) is 278 cm³/mol. The Labute approximate surface area is 407 Å². The van der Waals surface area contributed by atoms with Gasteiger partial charge in [-0.15, -0.1) is 39.1 Å². The van der Waals surface area contributed by atoms with E-state index in [-0.39, 0.29) is 49.8 Å². The van der Waals surface area contributed by atoms with E-state index in [2.05, 4.69) is 196 Å². The number of nitrogens with zero attached hydrogens (tertiary/aromatic N) is 8. The van der Waals surface area contributed by atoms with E-state index < -0.39 is 0 Å². The molecular weight excluding hydrogens is 1000 g/mol. The van der Waals surface area contributed by atoms with Crippen LogP contribution in [0, 0.1) is 19.9 Å². The molecule has 9 heteroatoms. The van der Waals surface area contributed by atoms with Crippen LogP contribution in [-0.2, 0) is 20.1 Å². The average molecular weight is 1060 g/mol. The summed E-state index contributed by atoms with van der Waals surface area (Å²) in [4.78, 5) is 0. The van der Waals surface area contributed by atoms with Gasteiger partial charge >= 0.3 is 0 Å². The van der Waals surface area contributed by atoms with Crippen LogP contribution >= 0.6 is 0 Å². The quantitative estimate of drug-likeness (QED) is 0.156. The molecule has 0 aliphatic carbocycles. The maximum atomic E-state index is 4.52. The molecule has 0 unspecified atom stereocenters. The topological polar surface area (TPSA) is 71.3 Å². The minimum Gasteiger partial charge on any atom is -0.351 e. The molecule has 0 aliphatic heterocycles. The molecule has 0 spiro atoms. The molecule has 0 bridgehead atoms. The first-order valence-corrected chi connectivity index (χ1v) is 20.7. The Hall–Kier alpha value is -7.71. The van der Waals surface area contributed by atoms with E-state index in [4.69, 9.17) is 0 Å². The third-order valence-corrected chi connectivity index (χ3v) is 11.5. The molecule has 4 aromatic heterocycles. The van der Waals surface area contributed by atoms with Gasteiger partial charge in [0.2, 0.25) is 0 Å². The number of aromatic nitrogens is 8. The van der Waals surface area contributed by atoms with E-state index in [1.54, 1.807) is 0 Å².